The van der Waals surface area contributed by atoms with Crippen molar-refractivity contribution in [1.82, 2.24) is 4.98 Å². The van der Waals surface area contributed by atoms with Crippen LogP contribution in [0.4, 0.5) is 20.3 Å². The molecular formula is C23H33F2N3. The van der Waals surface area contributed by atoms with Gasteiger partial charge in [0.25, 0.3) is 6.43 Å². The second kappa shape index (κ2) is 11.0. The maximum absolute atomic E-state index is 13.5. The Balaban J connectivity index is 0.000000409. The van der Waals surface area contributed by atoms with E-state index in [0.29, 0.717) is 5.56 Å². The highest BCUT2D eigenvalue weighted by Crippen LogP contribution is 2.38. The quantitative estimate of drug-likeness (QED) is 0.557. The van der Waals surface area contributed by atoms with Crippen LogP contribution in [0.1, 0.15) is 63.5 Å². The van der Waals surface area contributed by atoms with Crippen molar-refractivity contribution in [3.05, 3.63) is 41.6 Å². The van der Waals surface area contributed by atoms with Gasteiger partial charge in [0.1, 0.15) is 5.82 Å². The van der Waals surface area contributed by atoms with E-state index < -0.39 is 6.43 Å². The molecular weight excluding hydrogens is 356 g/mol. The van der Waals surface area contributed by atoms with Crippen molar-refractivity contribution >= 4 is 11.5 Å². The number of rotatable bonds is 6. The molecule has 5 heteroatoms. The van der Waals surface area contributed by atoms with Crippen LogP contribution in [-0.2, 0) is 6.42 Å². The first-order chi connectivity index (χ1) is 13.5. The van der Waals surface area contributed by atoms with E-state index >= 15 is 0 Å². The molecule has 2 heterocycles. The lowest BCUT2D eigenvalue weighted by Crippen LogP contribution is -2.25. The van der Waals surface area contributed by atoms with Crippen LogP contribution in [0, 0.1) is 0 Å². The molecule has 0 amide bonds. The fourth-order valence-corrected chi connectivity index (χ4v) is 3.46. The summed E-state index contributed by atoms with van der Waals surface area (Å²) in [6.45, 7) is 5.37. The molecule has 0 unspecified atom stereocenters. The highest BCUT2D eigenvalue weighted by molar-refractivity contribution is 5.74. The Morgan fingerprint density at radius 2 is 1.86 bits per heavy atom. The van der Waals surface area contributed by atoms with Gasteiger partial charge in [0, 0.05) is 43.7 Å². The van der Waals surface area contributed by atoms with E-state index in [2.05, 4.69) is 29.0 Å². The van der Waals surface area contributed by atoms with E-state index in [9.17, 15) is 8.78 Å². The molecule has 1 aliphatic rings. The number of nitrogens with zero attached hydrogens (tertiary/aromatic N) is 2. The maximum atomic E-state index is 13.5. The number of nitrogens with one attached hydrogen (secondary N) is 1. The van der Waals surface area contributed by atoms with Crippen molar-refractivity contribution in [3.8, 4) is 11.1 Å². The number of benzene rings is 1. The predicted molar refractivity (Wildman–Crippen MR) is 116 cm³/mol. The first-order valence-corrected chi connectivity index (χ1v) is 10.3. The number of aryl methyl sites for hydroxylation is 1. The largest absolute Gasteiger partial charge is 0.374 e. The van der Waals surface area contributed by atoms with Crippen LogP contribution < -0.4 is 10.2 Å². The lowest BCUT2D eigenvalue weighted by molar-refractivity contribution is 0.152. The average Bonchev–Trinajstić information content (AvgIpc) is 2.72. The predicted octanol–water partition coefficient (Wildman–Crippen LogP) is 6.70. The third kappa shape index (κ3) is 5.66. The molecule has 1 N–H and O–H groups in total. The van der Waals surface area contributed by atoms with Gasteiger partial charge < -0.3 is 10.2 Å². The molecule has 154 valence electrons. The maximum Gasteiger partial charge on any atom is 0.264 e. The average molecular weight is 390 g/mol. The minimum absolute atomic E-state index is 0.0755. The van der Waals surface area contributed by atoms with Crippen LogP contribution in [0.5, 0.6) is 0 Å². The molecule has 2 aromatic rings. The number of anilines is 2. The molecule has 1 aromatic carbocycles. The lowest BCUT2D eigenvalue weighted by atomic mass is 9.93. The lowest BCUT2D eigenvalue weighted by Gasteiger charge is -2.29. The third-order valence-corrected chi connectivity index (χ3v) is 5.12. The second-order valence-corrected chi connectivity index (χ2v) is 7.28. The van der Waals surface area contributed by atoms with Gasteiger partial charge in [0.05, 0.1) is 0 Å². The first kappa shape index (κ1) is 22.1. The number of hydrogen-bond donors (Lipinski definition) is 1. The van der Waals surface area contributed by atoms with Crippen LogP contribution in [-0.4, -0.2) is 25.6 Å². The fourth-order valence-electron chi connectivity index (χ4n) is 3.46. The molecule has 0 saturated heterocycles. The van der Waals surface area contributed by atoms with Gasteiger partial charge in [0.2, 0.25) is 0 Å². The SMILES string of the molecule is CCCCCC.CNc1ccc(-c2cc3c(cc2C(F)F)N(C)CCC3)cn1. The van der Waals surface area contributed by atoms with Gasteiger partial charge >= 0.3 is 0 Å². The molecule has 28 heavy (non-hydrogen) atoms. The topological polar surface area (TPSA) is 28.2 Å². The van der Waals surface area contributed by atoms with E-state index in [-0.39, 0.29) is 5.56 Å². The van der Waals surface area contributed by atoms with Crippen molar-refractivity contribution in [3.63, 3.8) is 0 Å². The Kier molecular flexibility index (Phi) is 8.68. The van der Waals surface area contributed by atoms with Gasteiger partial charge in [-0.15, -0.1) is 0 Å². The Morgan fingerprint density at radius 3 is 2.39 bits per heavy atom. The molecule has 3 rings (SSSR count). The molecule has 0 aliphatic carbocycles. The highest BCUT2D eigenvalue weighted by atomic mass is 19.3. The van der Waals surface area contributed by atoms with Gasteiger partial charge in [0.15, 0.2) is 0 Å². The van der Waals surface area contributed by atoms with E-state index in [1.54, 1.807) is 25.4 Å². The smallest absolute Gasteiger partial charge is 0.264 e. The van der Waals surface area contributed by atoms with E-state index in [0.717, 1.165) is 42.0 Å². The van der Waals surface area contributed by atoms with Crippen LogP contribution in [0.25, 0.3) is 11.1 Å². The van der Waals surface area contributed by atoms with E-state index in [1.165, 1.54) is 25.7 Å². The number of aromatic nitrogens is 1. The fraction of sp³-hybridized carbons (Fsp3) is 0.522. The monoisotopic (exact) mass is 389 g/mol. The summed E-state index contributed by atoms with van der Waals surface area (Å²) in [5, 5.41) is 2.93. The number of hydrogen-bond acceptors (Lipinski definition) is 3. The zero-order valence-electron chi connectivity index (χ0n) is 17.6. The summed E-state index contributed by atoms with van der Waals surface area (Å²) in [6, 6.07) is 7.18. The molecule has 1 aliphatic heterocycles. The number of halogens is 2. The van der Waals surface area contributed by atoms with Gasteiger partial charge in [-0.1, -0.05) is 39.5 Å². The van der Waals surface area contributed by atoms with Gasteiger partial charge in [-0.05, 0) is 48.2 Å². The molecule has 3 nitrogen and oxygen atoms in total. The number of unbranched alkanes of at least 4 members (excludes halogenated alkanes) is 3. The molecule has 0 atom stereocenters. The Bertz CT molecular complexity index is 725. The summed E-state index contributed by atoms with van der Waals surface area (Å²) in [4.78, 5) is 6.29. The van der Waals surface area contributed by atoms with Crippen molar-refractivity contribution in [2.45, 2.75) is 58.8 Å². The van der Waals surface area contributed by atoms with Crippen molar-refractivity contribution < 1.29 is 8.78 Å². The van der Waals surface area contributed by atoms with Crippen LogP contribution >= 0.6 is 0 Å². The summed E-state index contributed by atoms with van der Waals surface area (Å²) in [6.07, 6.45) is 6.66. The molecule has 0 bridgehead atoms. The number of alkyl halides is 2. The van der Waals surface area contributed by atoms with Crippen molar-refractivity contribution in [2.75, 3.05) is 30.9 Å². The first-order valence-electron chi connectivity index (χ1n) is 10.3. The Labute approximate surface area is 168 Å². The normalized spacial score (nSPS) is 13.0. The van der Waals surface area contributed by atoms with Gasteiger partial charge in [-0.2, -0.15) is 0 Å². The second-order valence-electron chi connectivity index (χ2n) is 7.28. The van der Waals surface area contributed by atoms with E-state index in [4.69, 9.17) is 0 Å². The van der Waals surface area contributed by atoms with E-state index in [1.807, 2.05) is 19.2 Å². The molecule has 0 saturated carbocycles. The molecule has 0 radical (unpaired) electrons. The number of pyridine rings is 1. The zero-order valence-corrected chi connectivity index (χ0v) is 17.6. The number of fused-ring (bicyclic) bond motifs is 1. The molecule has 0 fully saturated rings. The van der Waals surface area contributed by atoms with Gasteiger partial charge in [-0.25, -0.2) is 13.8 Å². The van der Waals surface area contributed by atoms with Crippen LogP contribution in [0.2, 0.25) is 0 Å². The Hall–Kier alpha value is -2.17. The Morgan fingerprint density at radius 1 is 1.14 bits per heavy atom. The standard InChI is InChI=1S/C17H19F2N3.C6H14/c1-20-16-6-5-12(10-21-16)13-8-11-4-3-7-22(2)15(11)9-14(13)17(18)19;1-3-5-6-4-2/h5-6,8-10,17H,3-4,7H2,1-2H3,(H,20,21);3-6H2,1-2H3. The van der Waals surface area contributed by atoms with Crippen LogP contribution in [0.15, 0.2) is 30.5 Å². The summed E-state index contributed by atoms with van der Waals surface area (Å²) in [5.41, 5.74) is 3.44. The third-order valence-electron chi connectivity index (χ3n) is 5.12. The summed E-state index contributed by atoms with van der Waals surface area (Å²) >= 11 is 0. The summed E-state index contributed by atoms with van der Waals surface area (Å²) < 4.78 is 27.0. The van der Waals surface area contributed by atoms with Crippen molar-refractivity contribution in [2.24, 2.45) is 0 Å². The minimum Gasteiger partial charge on any atom is -0.374 e. The molecule has 1 aromatic heterocycles. The van der Waals surface area contributed by atoms with Gasteiger partial charge in [-0.3, -0.25) is 0 Å². The van der Waals surface area contributed by atoms with Crippen molar-refractivity contribution in [1.29, 1.82) is 0 Å². The zero-order chi connectivity index (χ0) is 20.5. The van der Waals surface area contributed by atoms with Crippen LogP contribution in [0.3, 0.4) is 0 Å². The highest BCUT2D eigenvalue weighted by Gasteiger charge is 2.21. The molecule has 0 spiro atoms. The summed E-state index contributed by atoms with van der Waals surface area (Å²) in [5.74, 6) is 0.722. The summed E-state index contributed by atoms with van der Waals surface area (Å²) in [7, 11) is 3.73. The minimum atomic E-state index is -2.50.